The standard InChI is InChI=1S/C11H17NOS/c1-4-9-5-6-11(13-3)10(7-9)12(2)8-14/h5-7,14H,4,8H2,1-3H3. The predicted octanol–water partition coefficient (Wildman–Crippen LogP) is 2.58. The third-order valence-electron chi connectivity index (χ3n) is 2.27. The first kappa shape index (κ1) is 11.2. The number of nitrogens with zero attached hydrogens (tertiary/aromatic N) is 1. The molecule has 0 saturated heterocycles. The zero-order valence-corrected chi connectivity index (χ0v) is 9.84. The Hall–Kier alpha value is -0.830. The summed E-state index contributed by atoms with van der Waals surface area (Å²) in [7, 11) is 3.70. The lowest BCUT2D eigenvalue weighted by Gasteiger charge is -2.20. The van der Waals surface area contributed by atoms with Crippen LogP contribution in [0, 0.1) is 0 Å². The first-order valence-corrected chi connectivity index (χ1v) is 5.35. The van der Waals surface area contributed by atoms with Gasteiger partial charge in [-0.1, -0.05) is 13.0 Å². The van der Waals surface area contributed by atoms with Crippen LogP contribution >= 0.6 is 12.6 Å². The highest BCUT2D eigenvalue weighted by Gasteiger charge is 2.07. The molecule has 0 saturated carbocycles. The van der Waals surface area contributed by atoms with Gasteiger partial charge in [-0.25, -0.2) is 0 Å². The molecule has 1 aromatic carbocycles. The summed E-state index contributed by atoms with van der Waals surface area (Å²) in [5.41, 5.74) is 2.41. The molecule has 14 heavy (non-hydrogen) atoms. The van der Waals surface area contributed by atoms with Gasteiger partial charge in [0.15, 0.2) is 0 Å². The Balaban J connectivity index is 3.08. The van der Waals surface area contributed by atoms with E-state index in [0.29, 0.717) is 5.88 Å². The Kier molecular flexibility index (Phi) is 4.14. The van der Waals surface area contributed by atoms with Crippen LogP contribution in [0.1, 0.15) is 12.5 Å². The predicted molar refractivity (Wildman–Crippen MR) is 64.6 cm³/mol. The molecule has 1 aromatic rings. The van der Waals surface area contributed by atoms with E-state index in [-0.39, 0.29) is 0 Å². The van der Waals surface area contributed by atoms with Crippen LogP contribution in [0.4, 0.5) is 5.69 Å². The zero-order valence-electron chi connectivity index (χ0n) is 8.95. The van der Waals surface area contributed by atoms with Gasteiger partial charge in [-0.2, -0.15) is 12.6 Å². The molecule has 0 aliphatic rings. The van der Waals surface area contributed by atoms with Crippen LogP contribution in [0.3, 0.4) is 0 Å². The number of hydrogen-bond acceptors (Lipinski definition) is 3. The summed E-state index contributed by atoms with van der Waals surface area (Å²) >= 11 is 4.25. The van der Waals surface area contributed by atoms with Crippen molar-refractivity contribution in [1.29, 1.82) is 0 Å². The number of hydrogen-bond donors (Lipinski definition) is 1. The van der Waals surface area contributed by atoms with E-state index in [0.717, 1.165) is 17.9 Å². The second-order valence-electron chi connectivity index (χ2n) is 3.20. The Morgan fingerprint density at radius 3 is 2.64 bits per heavy atom. The molecule has 3 heteroatoms. The maximum Gasteiger partial charge on any atom is 0.142 e. The van der Waals surface area contributed by atoms with Crippen molar-refractivity contribution in [1.82, 2.24) is 0 Å². The second-order valence-corrected chi connectivity index (χ2v) is 3.48. The molecule has 0 fully saturated rings. The molecule has 0 aliphatic carbocycles. The van der Waals surface area contributed by atoms with Crippen LogP contribution in [0.5, 0.6) is 5.75 Å². The first-order chi connectivity index (χ1) is 6.72. The van der Waals surface area contributed by atoms with E-state index in [1.165, 1.54) is 5.56 Å². The quantitative estimate of drug-likeness (QED) is 0.607. The molecule has 0 unspecified atom stereocenters. The van der Waals surface area contributed by atoms with Crippen LogP contribution in [0.25, 0.3) is 0 Å². The lowest BCUT2D eigenvalue weighted by atomic mass is 10.1. The SMILES string of the molecule is CCc1ccc(OC)c(N(C)CS)c1. The number of benzene rings is 1. The zero-order chi connectivity index (χ0) is 10.6. The minimum atomic E-state index is 0.684. The van der Waals surface area contributed by atoms with Crippen LogP contribution < -0.4 is 9.64 Å². The summed E-state index contributed by atoms with van der Waals surface area (Å²) in [5, 5.41) is 0. The summed E-state index contributed by atoms with van der Waals surface area (Å²) in [6.45, 7) is 2.15. The lowest BCUT2D eigenvalue weighted by Crippen LogP contribution is -2.15. The highest BCUT2D eigenvalue weighted by molar-refractivity contribution is 7.80. The third kappa shape index (κ3) is 2.35. The van der Waals surface area contributed by atoms with Gasteiger partial charge in [-0.15, -0.1) is 0 Å². The maximum absolute atomic E-state index is 5.29. The number of rotatable bonds is 4. The molecule has 0 bridgehead atoms. The van der Waals surface area contributed by atoms with Gasteiger partial charge >= 0.3 is 0 Å². The van der Waals surface area contributed by atoms with Gasteiger partial charge in [0.2, 0.25) is 0 Å². The molecule has 0 amide bonds. The molecular weight excluding hydrogens is 194 g/mol. The number of aryl methyl sites for hydroxylation is 1. The van der Waals surface area contributed by atoms with E-state index in [2.05, 4.69) is 36.6 Å². The molecule has 0 spiro atoms. The normalized spacial score (nSPS) is 10.0. The summed E-state index contributed by atoms with van der Waals surface area (Å²) in [5.74, 6) is 1.59. The molecule has 0 radical (unpaired) electrons. The third-order valence-corrected chi connectivity index (χ3v) is 2.70. The number of thiol groups is 1. The summed E-state index contributed by atoms with van der Waals surface area (Å²) < 4.78 is 5.29. The van der Waals surface area contributed by atoms with E-state index < -0.39 is 0 Å². The van der Waals surface area contributed by atoms with Gasteiger partial charge in [0.25, 0.3) is 0 Å². The molecule has 0 heterocycles. The topological polar surface area (TPSA) is 12.5 Å². The van der Waals surface area contributed by atoms with Crippen LogP contribution in [0.15, 0.2) is 18.2 Å². The largest absolute Gasteiger partial charge is 0.495 e. The first-order valence-electron chi connectivity index (χ1n) is 4.71. The summed E-state index contributed by atoms with van der Waals surface area (Å²) in [6, 6.07) is 6.25. The van der Waals surface area contributed by atoms with Crippen molar-refractivity contribution in [3.05, 3.63) is 23.8 Å². The highest BCUT2D eigenvalue weighted by Crippen LogP contribution is 2.28. The average Bonchev–Trinajstić information content (AvgIpc) is 2.27. The number of methoxy groups -OCH3 is 1. The molecule has 1 rings (SSSR count). The van der Waals surface area contributed by atoms with Gasteiger partial charge in [-0.05, 0) is 24.1 Å². The van der Waals surface area contributed by atoms with Crippen LogP contribution in [-0.2, 0) is 6.42 Å². The fourth-order valence-electron chi connectivity index (χ4n) is 1.33. The van der Waals surface area contributed by atoms with E-state index in [1.807, 2.05) is 13.1 Å². The molecular formula is C11H17NOS. The van der Waals surface area contributed by atoms with Gasteiger partial charge in [-0.3, -0.25) is 0 Å². The minimum absolute atomic E-state index is 0.684. The Bertz CT molecular complexity index is 301. The molecule has 0 aromatic heterocycles. The fraction of sp³-hybridized carbons (Fsp3) is 0.455. The molecule has 0 atom stereocenters. The van der Waals surface area contributed by atoms with Crippen molar-refractivity contribution in [2.24, 2.45) is 0 Å². The van der Waals surface area contributed by atoms with E-state index in [1.54, 1.807) is 7.11 Å². The molecule has 0 N–H and O–H groups in total. The molecule has 2 nitrogen and oxygen atoms in total. The van der Waals surface area contributed by atoms with Crippen LogP contribution in [0.2, 0.25) is 0 Å². The van der Waals surface area contributed by atoms with Crippen molar-refractivity contribution in [3.8, 4) is 5.75 Å². The minimum Gasteiger partial charge on any atom is -0.495 e. The number of anilines is 1. The van der Waals surface area contributed by atoms with Crippen molar-refractivity contribution in [2.75, 3.05) is 24.9 Å². The van der Waals surface area contributed by atoms with E-state index in [4.69, 9.17) is 4.74 Å². The monoisotopic (exact) mass is 211 g/mol. The van der Waals surface area contributed by atoms with E-state index in [9.17, 15) is 0 Å². The van der Waals surface area contributed by atoms with Crippen molar-refractivity contribution in [3.63, 3.8) is 0 Å². The highest BCUT2D eigenvalue weighted by atomic mass is 32.1. The van der Waals surface area contributed by atoms with Crippen molar-refractivity contribution in [2.45, 2.75) is 13.3 Å². The lowest BCUT2D eigenvalue weighted by molar-refractivity contribution is 0.415. The molecule has 0 aliphatic heterocycles. The summed E-state index contributed by atoms with van der Waals surface area (Å²) in [4.78, 5) is 2.06. The fourth-order valence-corrected chi connectivity index (χ4v) is 1.48. The van der Waals surface area contributed by atoms with Gasteiger partial charge in [0.1, 0.15) is 5.75 Å². The summed E-state index contributed by atoms with van der Waals surface area (Å²) in [6.07, 6.45) is 1.04. The second kappa shape index (κ2) is 5.15. The maximum atomic E-state index is 5.29. The smallest absolute Gasteiger partial charge is 0.142 e. The molecule has 78 valence electrons. The van der Waals surface area contributed by atoms with Gasteiger partial charge in [0, 0.05) is 7.05 Å². The van der Waals surface area contributed by atoms with Crippen molar-refractivity contribution >= 4 is 18.3 Å². The van der Waals surface area contributed by atoms with Gasteiger partial charge in [0.05, 0.1) is 18.7 Å². The van der Waals surface area contributed by atoms with Crippen LogP contribution in [-0.4, -0.2) is 20.0 Å². The van der Waals surface area contributed by atoms with Crippen molar-refractivity contribution < 1.29 is 4.74 Å². The average molecular weight is 211 g/mol. The van der Waals surface area contributed by atoms with E-state index >= 15 is 0 Å². The Labute approximate surface area is 91.3 Å². The Morgan fingerprint density at radius 1 is 1.43 bits per heavy atom. The van der Waals surface area contributed by atoms with Gasteiger partial charge < -0.3 is 9.64 Å². The Morgan fingerprint density at radius 2 is 2.14 bits per heavy atom. The number of ether oxygens (including phenoxy) is 1.